The topological polar surface area (TPSA) is 84.2 Å². The number of hydrogen-bond donors (Lipinski definition) is 3. The molecule has 0 atom stereocenters. The van der Waals surface area contributed by atoms with E-state index in [0.717, 1.165) is 18.4 Å². The van der Waals surface area contributed by atoms with Gasteiger partial charge in [-0.2, -0.15) is 0 Å². The molecule has 0 bridgehead atoms. The molecule has 2 rings (SSSR count). The Morgan fingerprint density at radius 2 is 1.76 bits per heavy atom. The fourth-order valence-corrected chi connectivity index (χ4v) is 2.10. The molecule has 1 aliphatic rings. The maximum absolute atomic E-state index is 12.9. The Hall–Kier alpha value is -1.66. The van der Waals surface area contributed by atoms with Crippen molar-refractivity contribution < 1.29 is 14.0 Å². The monoisotopic (exact) mass is 315 g/mol. The highest BCUT2D eigenvalue weighted by Gasteiger charge is 2.44. The first-order valence-corrected chi connectivity index (χ1v) is 6.55. The molecule has 0 spiro atoms. The van der Waals surface area contributed by atoms with Crippen LogP contribution < -0.4 is 16.4 Å². The molecule has 7 heteroatoms. The Bertz CT molecular complexity index is 503. The minimum Gasteiger partial charge on any atom is -0.354 e. The van der Waals surface area contributed by atoms with Crippen molar-refractivity contribution in [2.24, 2.45) is 5.73 Å². The molecule has 1 saturated carbocycles. The van der Waals surface area contributed by atoms with Crippen molar-refractivity contribution in [3.63, 3.8) is 0 Å². The van der Waals surface area contributed by atoms with Gasteiger partial charge < -0.3 is 16.4 Å². The van der Waals surface area contributed by atoms with Crippen LogP contribution in [0.4, 0.5) is 4.39 Å². The van der Waals surface area contributed by atoms with E-state index in [1.165, 1.54) is 12.1 Å². The van der Waals surface area contributed by atoms with Crippen molar-refractivity contribution in [2.75, 3.05) is 19.6 Å². The summed E-state index contributed by atoms with van der Waals surface area (Å²) in [5.74, 6) is -0.877. The fourth-order valence-electron chi connectivity index (χ4n) is 2.10. The molecule has 0 aromatic heterocycles. The number of hydrogen-bond acceptors (Lipinski definition) is 3. The summed E-state index contributed by atoms with van der Waals surface area (Å²) in [6.07, 6.45) is 1.93. The molecule has 0 saturated heterocycles. The number of carbonyl (C=O) groups is 2. The summed E-state index contributed by atoms with van der Waals surface area (Å²) in [5.41, 5.74) is 6.08. The summed E-state index contributed by atoms with van der Waals surface area (Å²) < 4.78 is 12.9. The SMILES string of the molecule is Cl.NCC(=O)NCC(=O)NCC1(c2ccc(F)cc2)CC1. The Labute approximate surface area is 128 Å². The molecule has 1 aromatic rings. The molecule has 0 radical (unpaired) electrons. The second kappa shape index (κ2) is 7.38. The van der Waals surface area contributed by atoms with Gasteiger partial charge >= 0.3 is 0 Å². The van der Waals surface area contributed by atoms with E-state index in [4.69, 9.17) is 5.73 Å². The molecule has 1 aromatic carbocycles. The van der Waals surface area contributed by atoms with Crippen LogP contribution in [0, 0.1) is 5.82 Å². The average molecular weight is 316 g/mol. The van der Waals surface area contributed by atoms with Crippen LogP contribution >= 0.6 is 12.4 Å². The highest BCUT2D eigenvalue weighted by Crippen LogP contribution is 2.47. The van der Waals surface area contributed by atoms with Crippen LogP contribution in [-0.2, 0) is 15.0 Å². The molecule has 1 aliphatic carbocycles. The smallest absolute Gasteiger partial charge is 0.239 e. The van der Waals surface area contributed by atoms with E-state index in [1.807, 2.05) is 0 Å². The van der Waals surface area contributed by atoms with E-state index < -0.39 is 0 Å². The van der Waals surface area contributed by atoms with Crippen molar-refractivity contribution in [1.29, 1.82) is 0 Å². The first kappa shape index (κ1) is 17.4. The summed E-state index contributed by atoms with van der Waals surface area (Å²) in [5, 5.41) is 5.20. The van der Waals surface area contributed by atoms with Gasteiger partial charge in [-0.3, -0.25) is 9.59 Å². The largest absolute Gasteiger partial charge is 0.354 e. The van der Waals surface area contributed by atoms with Gasteiger partial charge in [0.25, 0.3) is 0 Å². The van der Waals surface area contributed by atoms with E-state index in [2.05, 4.69) is 10.6 Å². The molecular formula is C14H19ClFN3O2. The van der Waals surface area contributed by atoms with Gasteiger partial charge in [-0.05, 0) is 30.5 Å². The number of amides is 2. The van der Waals surface area contributed by atoms with Crippen molar-refractivity contribution >= 4 is 24.2 Å². The number of nitrogens with one attached hydrogen (secondary N) is 2. The minimum absolute atomic E-state index is 0. The van der Waals surface area contributed by atoms with Crippen LogP contribution in [0.15, 0.2) is 24.3 Å². The van der Waals surface area contributed by atoms with Crippen LogP contribution in [0.1, 0.15) is 18.4 Å². The maximum Gasteiger partial charge on any atom is 0.239 e. The third-order valence-corrected chi connectivity index (χ3v) is 3.57. The third kappa shape index (κ3) is 4.68. The van der Waals surface area contributed by atoms with Crippen LogP contribution in [0.25, 0.3) is 0 Å². The molecule has 0 aliphatic heterocycles. The first-order valence-electron chi connectivity index (χ1n) is 6.55. The summed E-state index contributed by atoms with van der Waals surface area (Å²) in [6, 6.07) is 6.37. The molecule has 116 valence electrons. The van der Waals surface area contributed by atoms with Crippen LogP contribution in [0.5, 0.6) is 0 Å². The van der Waals surface area contributed by atoms with Gasteiger partial charge in [0.05, 0.1) is 13.1 Å². The predicted molar refractivity (Wildman–Crippen MR) is 79.6 cm³/mol. The molecule has 4 N–H and O–H groups in total. The second-order valence-electron chi connectivity index (χ2n) is 5.04. The zero-order valence-corrected chi connectivity index (χ0v) is 12.3. The molecule has 0 unspecified atom stereocenters. The normalized spacial score (nSPS) is 14.8. The minimum atomic E-state index is -0.361. The van der Waals surface area contributed by atoms with Gasteiger partial charge in [0.2, 0.25) is 11.8 Å². The lowest BCUT2D eigenvalue weighted by Gasteiger charge is -2.16. The number of carbonyl (C=O) groups excluding carboxylic acids is 2. The van der Waals surface area contributed by atoms with Crippen molar-refractivity contribution in [1.82, 2.24) is 10.6 Å². The predicted octanol–water partition coefficient (Wildman–Crippen LogP) is 0.470. The zero-order chi connectivity index (χ0) is 14.6. The Kier molecular flexibility index (Phi) is 6.11. The second-order valence-corrected chi connectivity index (χ2v) is 5.04. The average Bonchev–Trinajstić information content (AvgIpc) is 3.24. The van der Waals surface area contributed by atoms with Crippen molar-refractivity contribution in [2.45, 2.75) is 18.3 Å². The number of rotatable bonds is 6. The number of nitrogens with two attached hydrogens (primary N) is 1. The Balaban J connectivity index is 0.00000220. The third-order valence-electron chi connectivity index (χ3n) is 3.57. The lowest BCUT2D eigenvalue weighted by atomic mass is 9.96. The van der Waals surface area contributed by atoms with Gasteiger partial charge in [0.1, 0.15) is 5.82 Å². The standard InChI is InChI=1S/C14H18FN3O2.ClH/c15-11-3-1-10(2-4-11)14(5-6-14)9-18-13(20)8-17-12(19)7-16;/h1-4H,5-9,16H2,(H,17,19)(H,18,20);1H. The summed E-state index contributed by atoms with van der Waals surface area (Å²) in [7, 11) is 0. The van der Waals surface area contributed by atoms with E-state index in [1.54, 1.807) is 12.1 Å². The van der Waals surface area contributed by atoms with E-state index in [-0.39, 0.29) is 48.5 Å². The van der Waals surface area contributed by atoms with Gasteiger partial charge in [0, 0.05) is 12.0 Å². The quantitative estimate of drug-likeness (QED) is 0.713. The van der Waals surface area contributed by atoms with Gasteiger partial charge in [0.15, 0.2) is 0 Å². The molecule has 21 heavy (non-hydrogen) atoms. The lowest BCUT2D eigenvalue weighted by molar-refractivity contribution is -0.125. The van der Waals surface area contributed by atoms with E-state index in [9.17, 15) is 14.0 Å². The fraction of sp³-hybridized carbons (Fsp3) is 0.429. The summed E-state index contributed by atoms with van der Waals surface area (Å²) in [6.45, 7) is 0.290. The highest BCUT2D eigenvalue weighted by atomic mass is 35.5. The van der Waals surface area contributed by atoms with E-state index in [0.29, 0.717) is 6.54 Å². The van der Waals surface area contributed by atoms with Gasteiger partial charge in [-0.1, -0.05) is 12.1 Å². The zero-order valence-electron chi connectivity index (χ0n) is 11.5. The van der Waals surface area contributed by atoms with Crippen LogP contribution in [0.3, 0.4) is 0 Å². The molecular weight excluding hydrogens is 297 g/mol. The molecule has 5 nitrogen and oxygen atoms in total. The van der Waals surface area contributed by atoms with Crippen molar-refractivity contribution in [3.05, 3.63) is 35.6 Å². The van der Waals surface area contributed by atoms with Crippen molar-refractivity contribution in [3.8, 4) is 0 Å². The lowest BCUT2D eigenvalue weighted by Crippen LogP contribution is -2.41. The molecule has 0 heterocycles. The highest BCUT2D eigenvalue weighted by molar-refractivity contribution is 5.85. The summed E-state index contributed by atoms with van der Waals surface area (Å²) >= 11 is 0. The Morgan fingerprint density at radius 3 is 2.29 bits per heavy atom. The Morgan fingerprint density at radius 1 is 1.14 bits per heavy atom. The van der Waals surface area contributed by atoms with E-state index >= 15 is 0 Å². The van der Waals surface area contributed by atoms with Crippen LogP contribution in [0.2, 0.25) is 0 Å². The molecule has 1 fully saturated rings. The van der Waals surface area contributed by atoms with Gasteiger partial charge in [-0.25, -0.2) is 4.39 Å². The number of benzene rings is 1. The summed E-state index contributed by atoms with van der Waals surface area (Å²) in [4.78, 5) is 22.5. The molecule has 2 amide bonds. The van der Waals surface area contributed by atoms with Crippen LogP contribution in [-0.4, -0.2) is 31.4 Å². The number of halogens is 2. The van der Waals surface area contributed by atoms with Gasteiger partial charge in [-0.15, -0.1) is 12.4 Å². The maximum atomic E-state index is 12.9. The first-order chi connectivity index (χ1) is 9.55.